The third kappa shape index (κ3) is 4.21. The molecule has 1 fully saturated rings. The molecule has 0 spiro atoms. The Labute approximate surface area is 147 Å². The number of carbonyl (C=O) groups excluding carboxylic acids is 1. The van der Waals surface area contributed by atoms with Gasteiger partial charge in [0.05, 0.1) is 11.1 Å². The standard InChI is InChI=1S/C17H20N4O3S/c22-17(16-13-18-8-9-19-16)20-12-14-6-10-21(11-7-14)25(23,24)15-4-2-1-3-5-15/h1-5,8-9,13-14H,6-7,10-12H2,(H,20,22). The lowest BCUT2D eigenvalue weighted by atomic mass is 9.98. The van der Waals surface area contributed by atoms with Gasteiger partial charge in [0, 0.05) is 32.0 Å². The molecule has 0 aliphatic carbocycles. The predicted molar refractivity (Wildman–Crippen MR) is 92.3 cm³/mol. The zero-order valence-electron chi connectivity index (χ0n) is 13.7. The third-order valence-electron chi connectivity index (χ3n) is 4.30. The highest BCUT2D eigenvalue weighted by Gasteiger charge is 2.29. The number of aromatic nitrogens is 2. The van der Waals surface area contributed by atoms with Crippen molar-refractivity contribution in [3.63, 3.8) is 0 Å². The van der Waals surface area contributed by atoms with Gasteiger partial charge in [-0.15, -0.1) is 0 Å². The van der Waals surface area contributed by atoms with Crippen LogP contribution in [-0.2, 0) is 10.0 Å². The van der Waals surface area contributed by atoms with Crippen molar-refractivity contribution in [2.45, 2.75) is 17.7 Å². The second-order valence-electron chi connectivity index (χ2n) is 5.96. The van der Waals surface area contributed by atoms with Crippen LogP contribution in [0, 0.1) is 5.92 Å². The zero-order valence-corrected chi connectivity index (χ0v) is 14.5. The second kappa shape index (κ2) is 7.71. The van der Waals surface area contributed by atoms with Gasteiger partial charge in [-0.25, -0.2) is 13.4 Å². The molecule has 1 aromatic carbocycles. The third-order valence-corrected chi connectivity index (χ3v) is 6.21. The summed E-state index contributed by atoms with van der Waals surface area (Å²) in [4.78, 5) is 20.1. The van der Waals surface area contributed by atoms with Crippen LogP contribution in [0.2, 0.25) is 0 Å². The first-order valence-electron chi connectivity index (χ1n) is 8.17. The van der Waals surface area contributed by atoms with Gasteiger partial charge in [-0.05, 0) is 30.9 Å². The van der Waals surface area contributed by atoms with Gasteiger partial charge in [-0.2, -0.15) is 4.31 Å². The van der Waals surface area contributed by atoms with E-state index in [9.17, 15) is 13.2 Å². The molecule has 1 saturated heterocycles. The van der Waals surface area contributed by atoms with Crippen LogP contribution in [-0.4, -0.2) is 48.2 Å². The van der Waals surface area contributed by atoms with E-state index in [0.717, 1.165) is 0 Å². The van der Waals surface area contributed by atoms with Gasteiger partial charge < -0.3 is 5.32 Å². The molecule has 1 N–H and O–H groups in total. The molecule has 0 radical (unpaired) electrons. The average Bonchev–Trinajstić information content (AvgIpc) is 2.68. The Morgan fingerprint density at radius 2 is 1.88 bits per heavy atom. The minimum Gasteiger partial charge on any atom is -0.350 e. The van der Waals surface area contributed by atoms with Gasteiger partial charge in [0.25, 0.3) is 5.91 Å². The predicted octanol–water partition coefficient (Wildman–Crippen LogP) is 1.31. The van der Waals surface area contributed by atoms with Crippen LogP contribution >= 0.6 is 0 Å². The summed E-state index contributed by atoms with van der Waals surface area (Å²) in [6.45, 7) is 1.43. The van der Waals surface area contributed by atoms with Crippen molar-refractivity contribution < 1.29 is 13.2 Å². The van der Waals surface area contributed by atoms with Crippen molar-refractivity contribution in [1.82, 2.24) is 19.6 Å². The molecule has 25 heavy (non-hydrogen) atoms. The van der Waals surface area contributed by atoms with Gasteiger partial charge in [0.1, 0.15) is 5.69 Å². The topological polar surface area (TPSA) is 92.3 Å². The average molecular weight is 360 g/mol. The number of amides is 1. The Morgan fingerprint density at radius 3 is 2.52 bits per heavy atom. The van der Waals surface area contributed by atoms with E-state index >= 15 is 0 Å². The molecule has 0 unspecified atom stereocenters. The van der Waals surface area contributed by atoms with E-state index in [1.165, 1.54) is 22.9 Å². The fourth-order valence-electron chi connectivity index (χ4n) is 2.84. The Hall–Kier alpha value is -2.32. The summed E-state index contributed by atoms with van der Waals surface area (Å²) in [5.41, 5.74) is 0.284. The molecule has 1 amide bonds. The Kier molecular flexibility index (Phi) is 5.40. The molecule has 3 rings (SSSR count). The van der Waals surface area contributed by atoms with Gasteiger partial charge in [-0.1, -0.05) is 18.2 Å². The van der Waals surface area contributed by atoms with Crippen LogP contribution in [0.25, 0.3) is 0 Å². The van der Waals surface area contributed by atoms with Crippen LogP contribution in [0.15, 0.2) is 53.8 Å². The normalized spacial score (nSPS) is 16.5. The minimum absolute atomic E-state index is 0.253. The van der Waals surface area contributed by atoms with Crippen LogP contribution in [0.1, 0.15) is 23.3 Å². The summed E-state index contributed by atoms with van der Waals surface area (Å²) in [5, 5.41) is 2.84. The number of sulfonamides is 1. The number of rotatable bonds is 5. The van der Waals surface area contributed by atoms with E-state index in [-0.39, 0.29) is 17.5 Å². The first-order valence-corrected chi connectivity index (χ1v) is 9.61. The number of hydrogen-bond acceptors (Lipinski definition) is 5. The molecule has 8 heteroatoms. The number of carbonyl (C=O) groups is 1. The Balaban J connectivity index is 1.51. The van der Waals surface area contributed by atoms with Crippen LogP contribution in [0.3, 0.4) is 0 Å². The van der Waals surface area contributed by atoms with Gasteiger partial charge in [0.2, 0.25) is 10.0 Å². The van der Waals surface area contributed by atoms with Crippen LogP contribution in [0.4, 0.5) is 0 Å². The number of benzene rings is 1. The molecule has 2 aromatic rings. The van der Waals surface area contributed by atoms with Crippen molar-refractivity contribution in [2.24, 2.45) is 5.92 Å². The molecular formula is C17H20N4O3S. The van der Waals surface area contributed by atoms with Crippen molar-refractivity contribution in [2.75, 3.05) is 19.6 Å². The van der Waals surface area contributed by atoms with E-state index in [0.29, 0.717) is 37.4 Å². The van der Waals surface area contributed by atoms with Crippen LogP contribution in [0.5, 0.6) is 0 Å². The summed E-state index contributed by atoms with van der Waals surface area (Å²) in [7, 11) is -3.43. The lowest BCUT2D eigenvalue weighted by Crippen LogP contribution is -2.41. The molecule has 2 heterocycles. The Morgan fingerprint density at radius 1 is 1.16 bits per heavy atom. The van der Waals surface area contributed by atoms with E-state index in [1.807, 2.05) is 0 Å². The van der Waals surface area contributed by atoms with Gasteiger partial charge >= 0.3 is 0 Å². The molecule has 1 aliphatic rings. The summed E-state index contributed by atoms with van der Waals surface area (Å²) >= 11 is 0. The fraction of sp³-hybridized carbons (Fsp3) is 0.353. The molecule has 132 valence electrons. The summed E-state index contributed by atoms with van der Waals surface area (Å²) < 4.78 is 26.7. The molecule has 7 nitrogen and oxygen atoms in total. The number of hydrogen-bond donors (Lipinski definition) is 1. The van der Waals surface area contributed by atoms with Crippen molar-refractivity contribution in [1.29, 1.82) is 0 Å². The molecular weight excluding hydrogens is 340 g/mol. The molecule has 0 atom stereocenters. The lowest BCUT2D eigenvalue weighted by Gasteiger charge is -2.31. The van der Waals surface area contributed by atoms with E-state index < -0.39 is 10.0 Å². The highest BCUT2D eigenvalue weighted by Crippen LogP contribution is 2.23. The first-order chi connectivity index (χ1) is 12.1. The quantitative estimate of drug-likeness (QED) is 0.868. The summed E-state index contributed by atoms with van der Waals surface area (Å²) in [5.74, 6) is -0.00437. The van der Waals surface area contributed by atoms with Crippen LogP contribution < -0.4 is 5.32 Å². The van der Waals surface area contributed by atoms with Gasteiger partial charge in [-0.3, -0.25) is 9.78 Å². The largest absolute Gasteiger partial charge is 0.350 e. The van der Waals surface area contributed by atoms with E-state index in [2.05, 4.69) is 15.3 Å². The molecule has 0 saturated carbocycles. The minimum atomic E-state index is -3.43. The zero-order chi connectivity index (χ0) is 17.7. The highest BCUT2D eigenvalue weighted by atomic mass is 32.2. The number of piperidine rings is 1. The monoisotopic (exact) mass is 360 g/mol. The summed E-state index contributed by atoms with van der Waals surface area (Å²) in [6.07, 6.45) is 5.84. The molecule has 1 aromatic heterocycles. The molecule has 1 aliphatic heterocycles. The summed E-state index contributed by atoms with van der Waals surface area (Å²) in [6, 6.07) is 8.47. The van der Waals surface area contributed by atoms with Crippen molar-refractivity contribution in [3.05, 3.63) is 54.6 Å². The SMILES string of the molecule is O=C(NCC1CCN(S(=O)(=O)c2ccccc2)CC1)c1cnccn1. The number of nitrogens with one attached hydrogen (secondary N) is 1. The van der Waals surface area contributed by atoms with Crippen molar-refractivity contribution >= 4 is 15.9 Å². The fourth-order valence-corrected chi connectivity index (χ4v) is 4.33. The lowest BCUT2D eigenvalue weighted by molar-refractivity contribution is 0.0936. The smallest absolute Gasteiger partial charge is 0.271 e. The van der Waals surface area contributed by atoms with Gasteiger partial charge in [0.15, 0.2) is 0 Å². The first kappa shape index (κ1) is 17.5. The maximum Gasteiger partial charge on any atom is 0.271 e. The number of nitrogens with zero attached hydrogens (tertiary/aromatic N) is 3. The maximum atomic E-state index is 12.6. The van der Waals surface area contributed by atoms with E-state index in [1.54, 1.807) is 30.3 Å². The molecule has 0 bridgehead atoms. The maximum absolute atomic E-state index is 12.6. The Bertz CT molecular complexity index is 804. The van der Waals surface area contributed by atoms with E-state index in [4.69, 9.17) is 0 Å². The van der Waals surface area contributed by atoms with Crippen molar-refractivity contribution in [3.8, 4) is 0 Å². The highest BCUT2D eigenvalue weighted by molar-refractivity contribution is 7.89. The second-order valence-corrected chi connectivity index (χ2v) is 7.90.